The van der Waals surface area contributed by atoms with Crippen molar-refractivity contribution in [3.63, 3.8) is 0 Å². The van der Waals surface area contributed by atoms with Gasteiger partial charge in [0.05, 0.1) is 17.2 Å². The van der Waals surface area contributed by atoms with Crippen LogP contribution in [0.15, 0.2) is 58.2 Å². The van der Waals surface area contributed by atoms with Gasteiger partial charge >= 0.3 is 0 Å². The fraction of sp³-hybridized carbons (Fsp3) is 0.222. The third-order valence-corrected chi connectivity index (χ3v) is 4.17. The summed E-state index contributed by atoms with van der Waals surface area (Å²) in [4.78, 5) is 16.9. The second-order valence-electron chi connectivity index (χ2n) is 6.09. The van der Waals surface area contributed by atoms with E-state index in [2.05, 4.69) is 20.6 Å². The van der Waals surface area contributed by atoms with Crippen molar-refractivity contribution in [1.29, 1.82) is 0 Å². The smallest absolute Gasteiger partial charge is 0.261 e. The molecule has 25 heavy (non-hydrogen) atoms. The molecule has 7 heteroatoms. The van der Waals surface area contributed by atoms with Gasteiger partial charge in [0.25, 0.3) is 5.56 Å². The van der Waals surface area contributed by atoms with E-state index in [4.69, 9.17) is 4.63 Å². The highest BCUT2D eigenvalue weighted by atomic mass is 16.6. The molecular weight excluding hydrogens is 318 g/mol. The standard InChI is InChI=1S/C18H17N5O2/c1-12(19-9-13-6-7-16-17(8-13)22-25-21-16)10-23-11-20-15-5-3-2-4-14(15)18(23)24/h2-8,11-12,19H,9-10H2,1H3/t12-/m0/s1. The van der Waals surface area contributed by atoms with Crippen LogP contribution in [0.3, 0.4) is 0 Å². The molecule has 0 radical (unpaired) electrons. The van der Waals surface area contributed by atoms with Gasteiger partial charge in [0.1, 0.15) is 11.0 Å². The molecule has 0 bridgehead atoms. The highest BCUT2D eigenvalue weighted by Gasteiger charge is 2.08. The van der Waals surface area contributed by atoms with Crippen molar-refractivity contribution in [2.24, 2.45) is 0 Å². The third-order valence-electron chi connectivity index (χ3n) is 4.17. The molecular formula is C18H17N5O2. The Hall–Kier alpha value is -3.06. The van der Waals surface area contributed by atoms with E-state index in [1.807, 2.05) is 43.3 Å². The molecule has 7 nitrogen and oxygen atoms in total. The van der Waals surface area contributed by atoms with Gasteiger partial charge in [-0.1, -0.05) is 18.2 Å². The summed E-state index contributed by atoms with van der Waals surface area (Å²) in [5.74, 6) is 0. The second-order valence-corrected chi connectivity index (χ2v) is 6.09. The number of rotatable bonds is 5. The normalized spacial score (nSPS) is 12.7. The van der Waals surface area contributed by atoms with Crippen LogP contribution in [0.2, 0.25) is 0 Å². The van der Waals surface area contributed by atoms with E-state index >= 15 is 0 Å². The Morgan fingerprint density at radius 2 is 1.96 bits per heavy atom. The molecule has 0 fully saturated rings. The average Bonchev–Trinajstić information content (AvgIpc) is 3.10. The fourth-order valence-corrected chi connectivity index (χ4v) is 2.83. The lowest BCUT2D eigenvalue weighted by Gasteiger charge is -2.15. The molecule has 0 amide bonds. The number of nitrogens with one attached hydrogen (secondary N) is 1. The van der Waals surface area contributed by atoms with Crippen molar-refractivity contribution < 1.29 is 4.63 Å². The van der Waals surface area contributed by atoms with Gasteiger partial charge in [-0.2, -0.15) is 0 Å². The lowest BCUT2D eigenvalue weighted by atomic mass is 10.2. The number of benzene rings is 2. The molecule has 2 heterocycles. The number of nitrogens with zero attached hydrogens (tertiary/aromatic N) is 4. The first-order chi connectivity index (χ1) is 12.2. The van der Waals surface area contributed by atoms with Crippen molar-refractivity contribution in [3.8, 4) is 0 Å². The van der Waals surface area contributed by atoms with Gasteiger partial charge in [-0.3, -0.25) is 9.36 Å². The Labute approximate surface area is 143 Å². The summed E-state index contributed by atoms with van der Waals surface area (Å²) in [6.45, 7) is 3.25. The van der Waals surface area contributed by atoms with Crippen LogP contribution in [0, 0.1) is 0 Å². The van der Waals surface area contributed by atoms with Crippen molar-refractivity contribution in [2.75, 3.05) is 0 Å². The SMILES string of the molecule is C[C@@H](Cn1cnc2ccccc2c1=O)NCc1ccc2nonc2c1. The van der Waals surface area contributed by atoms with Gasteiger partial charge in [0, 0.05) is 19.1 Å². The minimum atomic E-state index is -0.0191. The van der Waals surface area contributed by atoms with Crippen molar-refractivity contribution in [1.82, 2.24) is 25.2 Å². The average molecular weight is 335 g/mol. The molecule has 1 atom stereocenters. The quantitative estimate of drug-likeness (QED) is 0.601. The van der Waals surface area contributed by atoms with Gasteiger partial charge in [-0.05, 0) is 47.1 Å². The Balaban J connectivity index is 1.46. The van der Waals surface area contributed by atoms with Crippen molar-refractivity contribution in [2.45, 2.75) is 26.1 Å². The first-order valence-corrected chi connectivity index (χ1v) is 8.09. The predicted molar refractivity (Wildman–Crippen MR) is 94.1 cm³/mol. The number of hydrogen-bond donors (Lipinski definition) is 1. The van der Waals surface area contributed by atoms with E-state index in [1.165, 1.54) is 0 Å². The number of hydrogen-bond acceptors (Lipinski definition) is 6. The van der Waals surface area contributed by atoms with E-state index in [-0.39, 0.29) is 11.6 Å². The van der Waals surface area contributed by atoms with E-state index < -0.39 is 0 Å². The van der Waals surface area contributed by atoms with Crippen molar-refractivity contribution in [3.05, 3.63) is 64.7 Å². The number of para-hydroxylation sites is 1. The highest BCUT2D eigenvalue weighted by Crippen LogP contribution is 2.11. The zero-order valence-corrected chi connectivity index (χ0v) is 13.7. The number of aromatic nitrogens is 4. The van der Waals surface area contributed by atoms with Crippen LogP contribution in [-0.2, 0) is 13.1 Å². The summed E-state index contributed by atoms with van der Waals surface area (Å²) in [6.07, 6.45) is 1.61. The predicted octanol–water partition coefficient (Wildman–Crippen LogP) is 2.11. The molecule has 0 unspecified atom stereocenters. The minimum Gasteiger partial charge on any atom is -0.308 e. The lowest BCUT2D eigenvalue weighted by Crippen LogP contribution is -2.34. The number of fused-ring (bicyclic) bond motifs is 2. The summed E-state index contributed by atoms with van der Waals surface area (Å²) in [5.41, 5.74) is 3.26. The summed E-state index contributed by atoms with van der Waals surface area (Å²) in [5, 5.41) is 11.7. The molecule has 0 saturated carbocycles. The molecule has 0 spiro atoms. The van der Waals surface area contributed by atoms with Gasteiger partial charge < -0.3 is 5.32 Å². The molecule has 2 aromatic carbocycles. The molecule has 0 aliphatic heterocycles. The molecule has 4 rings (SSSR count). The lowest BCUT2D eigenvalue weighted by molar-refractivity contribution is 0.315. The topological polar surface area (TPSA) is 85.8 Å². The van der Waals surface area contributed by atoms with Gasteiger partial charge in [0.15, 0.2) is 0 Å². The maximum atomic E-state index is 12.5. The van der Waals surface area contributed by atoms with Crippen molar-refractivity contribution >= 4 is 21.9 Å². The Bertz CT molecular complexity index is 1090. The fourth-order valence-electron chi connectivity index (χ4n) is 2.83. The monoisotopic (exact) mass is 335 g/mol. The van der Waals surface area contributed by atoms with Crippen LogP contribution in [0.25, 0.3) is 21.9 Å². The van der Waals surface area contributed by atoms with Crippen LogP contribution in [0.1, 0.15) is 12.5 Å². The van der Waals surface area contributed by atoms with E-state index in [9.17, 15) is 4.79 Å². The second kappa shape index (κ2) is 6.45. The molecule has 2 aromatic heterocycles. The third kappa shape index (κ3) is 3.14. The first kappa shape index (κ1) is 15.5. The van der Waals surface area contributed by atoms with Crippen LogP contribution >= 0.6 is 0 Å². The molecule has 0 aliphatic rings. The van der Waals surface area contributed by atoms with Crippen LogP contribution in [0.4, 0.5) is 0 Å². The van der Waals surface area contributed by atoms with Gasteiger partial charge in [-0.25, -0.2) is 9.61 Å². The van der Waals surface area contributed by atoms with Crippen LogP contribution in [0.5, 0.6) is 0 Å². The maximum Gasteiger partial charge on any atom is 0.261 e. The van der Waals surface area contributed by atoms with E-state index in [1.54, 1.807) is 17.0 Å². The summed E-state index contributed by atoms with van der Waals surface area (Å²) in [7, 11) is 0. The molecule has 0 saturated heterocycles. The molecule has 1 N–H and O–H groups in total. The van der Waals surface area contributed by atoms with E-state index in [0.717, 1.165) is 22.1 Å². The summed E-state index contributed by atoms with van der Waals surface area (Å²) < 4.78 is 6.35. The van der Waals surface area contributed by atoms with Crippen LogP contribution < -0.4 is 10.9 Å². The van der Waals surface area contributed by atoms with E-state index in [0.29, 0.717) is 18.5 Å². The first-order valence-electron chi connectivity index (χ1n) is 8.09. The Morgan fingerprint density at radius 1 is 1.12 bits per heavy atom. The Morgan fingerprint density at radius 3 is 2.88 bits per heavy atom. The zero-order valence-electron chi connectivity index (χ0n) is 13.7. The molecule has 126 valence electrons. The van der Waals surface area contributed by atoms with Crippen LogP contribution in [-0.4, -0.2) is 25.9 Å². The molecule has 4 aromatic rings. The summed E-state index contributed by atoms with van der Waals surface area (Å²) >= 11 is 0. The Kier molecular flexibility index (Phi) is 3.99. The maximum absolute atomic E-state index is 12.5. The highest BCUT2D eigenvalue weighted by molar-refractivity contribution is 5.76. The van der Waals surface area contributed by atoms with Gasteiger partial charge in [-0.15, -0.1) is 0 Å². The largest absolute Gasteiger partial charge is 0.308 e. The molecule has 0 aliphatic carbocycles. The summed E-state index contributed by atoms with van der Waals surface area (Å²) in [6, 6.07) is 13.3. The zero-order chi connectivity index (χ0) is 17.2. The van der Waals surface area contributed by atoms with Gasteiger partial charge in [0.2, 0.25) is 0 Å². The minimum absolute atomic E-state index is 0.0191.